The van der Waals surface area contributed by atoms with Gasteiger partial charge in [0.05, 0.1) is 0 Å². The van der Waals surface area contributed by atoms with E-state index in [0.29, 0.717) is 36.8 Å². The standard InChI is InChI=1S/C17H19ClN4O2/c18-15-5-1-4-14(12-15)17(24)21-8-3-7-20(10-11-21)16(23)13-22-9-2-6-19-22/h1-2,4-6,9,12H,3,7-8,10-11,13H2. The molecule has 3 rings (SSSR count). The molecule has 126 valence electrons. The minimum absolute atomic E-state index is 0.0238. The van der Waals surface area contributed by atoms with E-state index in [-0.39, 0.29) is 18.4 Å². The number of rotatable bonds is 3. The van der Waals surface area contributed by atoms with E-state index in [1.807, 2.05) is 0 Å². The summed E-state index contributed by atoms with van der Waals surface area (Å²) in [5.74, 6) is -0.0189. The molecule has 1 aromatic carbocycles. The number of carbonyl (C=O) groups is 2. The molecule has 0 N–H and O–H groups in total. The van der Waals surface area contributed by atoms with Crippen molar-refractivity contribution < 1.29 is 9.59 Å². The Labute approximate surface area is 145 Å². The summed E-state index contributed by atoms with van der Waals surface area (Å²) < 4.78 is 1.61. The zero-order valence-corrected chi connectivity index (χ0v) is 14.0. The van der Waals surface area contributed by atoms with E-state index in [9.17, 15) is 9.59 Å². The van der Waals surface area contributed by atoms with Gasteiger partial charge in [0, 0.05) is 49.2 Å². The van der Waals surface area contributed by atoms with Gasteiger partial charge >= 0.3 is 0 Å². The van der Waals surface area contributed by atoms with Crippen LogP contribution in [0.25, 0.3) is 0 Å². The Morgan fingerprint density at radius 3 is 2.62 bits per heavy atom. The minimum atomic E-state index is -0.0427. The lowest BCUT2D eigenvalue weighted by Gasteiger charge is -2.22. The van der Waals surface area contributed by atoms with E-state index < -0.39 is 0 Å². The molecule has 1 aliphatic rings. The molecule has 1 saturated heterocycles. The lowest BCUT2D eigenvalue weighted by molar-refractivity contribution is -0.131. The smallest absolute Gasteiger partial charge is 0.253 e. The second-order valence-electron chi connectivity index (χ2n) is 5.74. The first-order valence-electron chi connectivity index (χ1n) is 7.93. The van der Waals surface area contributed by atoms with Crippen LogP contribution < -0.4 is 0 Å². The Morgan fingerprint density at radius 1 is 1.08 bits per heavy atom. The zero-order chi connectivity index (χ0) is 16.9. The summed E-state index contributed by atoms with van der Waals surface area (Å²) in [6, 6.07) is 8.75. The molecule has 0 unspecified atom stereocenters. The van der Waals surface area contributed by atoms with E-state index >= 15 is 0 Å². The van der Waals surface area contributed by atoms with Crippen molar-refractivity contribution in [2.24, 2.45) is 0 Å². The van der Waals surface area contributed by atoms with Gasteiger partial charge in [0.25, 0.3) is 5.91 Å². The fourth-order valence-electron chi connectivity index (χ4n) is 2.81. The summed E-state index contributed by atoms with van der Waals surface area (Å²) >= 11 is 5.96. The van der Waals surface area contributed by atoms with Gasteiger partial charge in [0.2, 0.25) is 5.91 Å². The zero-order valence-electron chi connectivity index (χ0n) is 13.3. The van der Waals surface area contributed by atoms with Crippen molar-refractivity contribution in [2.75, 3.05) is 26.2 Å². The molecule has 1 aromatic heterocycles. The van der Waals surface area contributed by atoms with E-state index in [2.05, 4.69) is 5.10 Å². The SMILES string of the molecule is O=C(Cn1cccn1)N1CCCN(C(=O)c2cccc(Cl)c2)CC1. The molecule has 2 aromatic rings. The van der Waals surface area contributed by atoms with E-state index in [1.165, 1.54) is 0 Å². The molecule has 0 bridgehead atoms. The Kier molecular flexibility index (Phi) is 5.15. The van der Waals surface area contributed by atoms with Crippen LogP contribution in [0.1, 0.15) is 16.8 Å². The van der Waals surface area contributed by atoms with Crippen molar-refractivity contribution in [1.82, 2.24) is 19.6 Å². The molecule has 2 amide bonds. The summed E-state index contributed by atoms with van der Waals surface area (Å²) in [5.41, 5.74) is 0.582. The number of hydrogen-bond donors (Lipinski definition) is 0. The number of aromatic nitrogens is 2. The first-order chi connectivity index (χ1) is 11.6. The highest BCUT2D eigenvalue weighted by Gasteiger charge is 2.23. The third-order valence-electron chi connectivity index (χ3n) is 4.06. The van der Waals surface area contributed by atoms with Crippen LogP contribution in [-0.2, 0) is 11.3 Å². The normalized spacial score (nSPS) is 15.2. The molecular formula is C17H19ClN4O2. The second kappa shape index (κ2) is 7.49. The number of nitrogens with zero attached hydrogens (tertiary/aromatic N) is 4. The summed E-state index contributed by atoms with van der Waals surface area (Å²) in [7, 11) is 0. The van der Waals surface area contributed by atoms with Crippen molar-refractivity contribution in [3.8, 4) is 0 Å². The molecule has 7 heteroatoms. The van der Waals surface area contributed by atoms with Gasteiger partial charge in [-0.1, -0.05) is 17.7 Å². The molecule has 6 nitrogen and oxygen atoms in total. The first-order valence-corrected chi connectivity index (χ1v) is 8.31. The van der Waals surface area contributed by atoms with Gasteiger partial charge in [-0.3, -0.25) is 14.3 Å². The third-order valence-corrected chi connectivity index (χ3v) is 4.30. The Hall–Kier alpha value is -2.34. The van der Waals surface area contributed by atoms with Crippen LogP contribution in [0.15, 0.2) is 42.7 Å². The lowest BCUT2D eigenvalue weighted by atomic mass is 10.2. The number of benzene rings is 1. The Bertz CT molecular complexity index is 717. The Morgan fingerprint density at radius 2 is 1.88 bits per heavy atom. The minimum Gasteiger partial charge on any atom is -0.339 e. The third kappa shape index (κ3) is 3.94. The summed E-state index contributed by atoms with van der Waals surface area (Å²) in [6.07, 6.45) is 4.18. The Balaban J connectivity index is 1.60. The van der Waals surface area contributed by atoms with E-state index in [0.717, 1.165) is 6.42 Å². The molecule has 0 saturated carbocycles. The van der Waals surface area contributed by atoms with Gasteiger partial charge in [0.15, 0.2) is 0 Å². The molecule has 2 heterocycles. The van der Waals surface area contributed by atoms with Gasteiger partial charge in [0.1, 0.15) is 6.54 Å². The fourth-order valence-corrected chi connectivity index (χ4v) is 3.00. The molecule has 0 atom stereocenters. The van der Waals surface area contributed by atoms with E-state index in [1.54, 1.807) is 57.2 Å². The summed E-state index contributed by atoms with van der Waals surface area (Å²) in [6.45, 7) is 2.58. The first kappa shape index (κ1) is 16.5. The van der Waals surface area contributed by atoms with Crippen LogP contribution >= 0.6 is 11.6 Å². The average molecular weight is 347 g/mol. The topological polar surface area (TPSA) is 58.4 Å². The molecule has 0 radical (unpaired) electrons. The predicted octanol–water partition coefficient (Wildman–Crippen LogP) is 1.91. The highest BCUT2D eigenvalue weighted by Crippen LogP contribution is 2.14. The number of amides is 2. The highest BCUT2D eigenvalue weighted by atomic mass is 35.5. The van der Waals surface area contributed by atoms with Crippen LogP contribution in [0.4, 0.5) is 0 Å². The van der Waals surface area contributed by atoms with Crippen molar-refractivity contribution in [2.45, 2.75) is 13.0 Å². The summed E-state index contributed by atoms with van der Waals surface area (Å²) in [4.78, 5) is 28.5. The molecule has 1 aliphatic heterocycles. The van der Waals surface area contributed by atoms with Gasteiger partial charge < -0.3 is 9.80 Å². The number of hydrogen-bond acceptors (Lipinski definition) is 3. The highest BCUT2D eigenvalue weighted by molar-refractivity contribution is 6.30. The molecular weight excluding hydrogens is 328 g/mol. The number of halogens is 1. The maximum atomic E-state index is 12.6. The lowest BCUT2D eigenvalue weighted by Crippen LogP contribution is -2.38. The van der Waals surface area contributed by atoms with Crippen molar-refractivity contribution >= 4 is 23.4 Å². The average Bonchev–Trinajstić information content (AvgIpc) is 2.95. The van der Waals surface area contributed by atoms with Crippen molar-refractivity contribution in [1.29, 1.82) is 0 Å². The summed E-state index contributed by atoms with van der Waals surface area (Å²) in [5, 5.41) is 4.61. The van der Waals surface area contributed by atoms with Crippen LogP contribution in [0, 0.1) is 0 Å². The fraction of sp³-hybridized carbons (Fsp3) is 0.353. The van der Waals surface area contributed by atoms with Gasteiger partial charge in [-0.2, -0.15) is 5.10 Å². The molecule has 0 spiro atoms. The maximum Gasteiger partial charge on any atom is 0.253 e. The van der Waals surface area contributed by atoms with Crippen LogP contribution in [0.5, 0.6) is 0 Å². The molecule has 24 heavy (non-hydrogen) atoms. The molecule has 0 aliphatic carbocycles. The van der Waals surface area contributed by atoms with Crippen molar-refractivity contribution in [3.63, 3.8) is 0 Å². The quantitative estimate of drug-likeness (QED) is 0.853. The van der Waals surface area contributed by atoms with Crippen LogP contribution in [0.3, 0.4) is 0 Å². The molecule has 1 fully saturated rings. The van der Waals surface area contributed by atoms with Crippen LogP contribution in [-0.4, -0.2) is 57.6 Å². The van der Waals surface area contributed by atoms with Gasteiger partial charge in [-0.05, 0) is 30.7 Å². The van der Waals surface area contributed by atoms with Crippen LogP contribution in [0.2, 0.25) is 5.02 Å². The second-order valence-corrected chi connectivity index (χ2v) is 6.18. The van der Waals surface area contributed by atoms with E-state index in [4.69, 9.17) is 11.6 Å². The number of carbonyl (C=O) groups excluding carboxylic acids is 2. The van der Waals surface area contributed by atoms with Crippen molar-refractivity contribution in [3.05, 3.63) is 53.3 Å². The van der Waals surface area contributed by atoms with Gasteiger partial charge in [-0.15, -0.1) is 0 Å². The van der Waals surface area contributed by atoms with Gasteiger partial charge in [-0.25, -0.2) is 0 Å². The largest absolute Gasteiger partial charge is 0.339 e. The maximum absolute atomic E-state index is 12.6. The monoisotopic (exact) mass is 346 g/mol. The predicted molar refractivity (Wildman–Crippen MR) is 90.8 cm³/mol.